The molecule has 0 radical (unpaired) electrons. The molecule has 1 atom stereocenters. The molecular formula is C25H26N2O4S. The number of nitrogens with one attached hydrogen (secondary N) is 1. The van der Waals surface area contributed by atoms with Crippen molar-refractivity contribution in [2.45, 2.75) is 17.9 Å². The minimum absolute atomic E-state index is 0.175. The number of carbonyl (C=O) groups excluding carboxylic acids is 1. The molecule has 1 saturated heterocycles. The molecule has 3 aromatic rings. The van der Waals surface area contributed by atoms with Crippen molar-refractivity contribution >= 4 is 15.9 Å². The Kier molecular flexibility index (Phi) is 6.69. The first kappa shape index (κ1) is 22.2. The van der Waals surface area contributed by atoms with Crippen LogP contribution in [-0.4, -0.2) is 44.9 Å². The third-order valence-electron chi connectivity index (χ3n) is 5.51. The summed E-state index contributed by atoms with van der Waals surface area (Å²) in [5, 5.41) is 3.10. The molecule has 32 heavy (non-hydrogen) atoms. The SMILES string of the molecule is Cc1cccc([C@H](NC(=O)c2ccc(S(=O)(=O)N3CCOCC3)cc2)c2ccccc2)c1. The molecule has 7 heteroatoms. The van der Waals surface area contributed by atoms with Gasteiger partial charge in [-0.3, -0.25) is 4.79 Å². The second kappa shape index (κ2) is 9.65. The Bertz CT molecular complexity index is 1170. The first-order valence-electron chi connectivity index (χ1n) is 10.6. The summed E-state index contributed by atoms with van der Waals surface area (Å²) in [6.07, 6.45) is 0. The van der Waals surface area contributed by atoms with Gasteiger partial charge in [-0.2, -0.15) is 4.31 Å². The fourth-order valence-electron chi connectivity index (χ4n) is 3.78. The maximum absolute atomic E-state index is 13.1. The normalized spacial score (nSPS) is 15.8. The maximum atomic E-state index is 13.1. The highest BCUT2D eigenvalue weighted by Crippen LogP contribution is 2.24. The van der Waals surface area contributed by atoms with Crippen LogP contribution < -0.4 is 5.32 Å². The molecule has 1 N–H and O–H groups in total. The zero-order valence-corrected chi connectivity index (χ0v) is 18.7. The van der Waals surface area contributed by atoms with Crippen molar-refractivity contribution in [3.8, 4) is 0 Å². The van der Waals surface area contributed by atoms with Crippen molar-refractivity contribution in [2.75, 3.05) is 26.3 Å². The van der Waals surface area contributed by atoms with Gasteiger partial charge in [-0.15, -0.1) is 0 Å². The van der Waals surface area contributed by atoms with Crippen LogP contribution in [0, 0.1) is 6.92 Å². The van der Waals surface area contributed by atoms with E-state index in [1.54, 1.807) is 12.1 Å². The molecule has 0 aliphatic carbocycles. The summed E-state index contributed by atoms with van der Waals surface area (Å²) in [5.74, 6) is -0.268. The van der Waals surface area contributed by atoms with Gasteiger partial charge in [0.05, 0.1) is 24.2 Å². The monoisotopic (exact) mass is 450 g/mol. The maximum Gasteiger partial charge on any atom is 0.252 e. The first-order chi connectivity index (χ1) is 15.4. The molecule has 1 aliphatic heterocycles. The van der Waals surface area contributed by atoms with Crippen molar-refractivity contribution in [1.29, 1.82) is 0 Å². The van der Waals surface area contributed by atoms with Crippen molar-refractivity contribution in [2.24, 2.45) is 0 Å². The van der Waals surface area contributed by atoms with Crippen molar-refractivity contribution in [3.05, 3.63) is 101 Å². The number of rotatable bonds is 6. The number of ether oxygens (including phenoxy) is 1. The van der Waals surface area contributed by atoms with Crippen LogP contribution >= 0.6 is 0 Å². The lowest BCUT2D eigenvalue weighted by Gasteiger charge is -2.26. The summed E-state index contributed by atoms with van der Waals surface area (Å²) in [6, 6.07) is 23.6. The zero-order chi connectivity index (χ0) is 22.6. The van der Waals surface area contributed by atoms with Crippen LogP contribution in [0.1, 0.15) is 33.1 Å². The van der Waals surface area contributed by atoms with Crippen LogP contribution in [0.2, 0.25) is 0 Å². The van der Waals surface area contributed by atoms with Gasteiger partial charge in [0.1, 0.15) is 0 Å². The van der Waals surface area contributed by atoms with Crippen LogP contribution in [0.3, 0.4) is 0 Å². The smallest absolute Gasteiger partial charge is 0.252 e. The number of aryl methyl sites for hydroxylation is 1. The van der Waals surface area contributed by atoms with Crippen LogP contribution in [-0.2, 0) is 14.8 Å². The average molecular weight is 451 g/mol. The van der Waals surface area contributed by atoms with E-state index in [1.807, 2.05) is 55.5 Å². The highest BCUT2D eigenvalue weighted by Gasteiger charge is 2.26. The summed E-state index contributed by atoms with van der Waals surface area (Å²) < 4.78 is 32.3. The lowest BCUT2D eigenvalue weighted by molar-refractivity contribution is 0.0730. The molecule has 1 aliphatic rings. The van der Waals surface area contributed by atoms with Gasteiger partial charge < -0.3 is 10.1 Å². The molecule has 1 heterocycles. The molecule has 0 saturated carbocycles. The second-order valence-electron chi connectivity index (χ2n) is 7.77. The largest absolute Gasteiger partial charge is 0.379 e. The Morgan fingerprint density at radius 3 is 2.22 bits per heavy atom. The standard InChI is InChI=1S/C25H26N2O4S/c1-19-6-5-9-22(18-19)24(20-7-3-2-4-8-20)26-25(28)21-10-12-23(13-11-21)32(29,30)27-14-16-31-17-15-27/h2-13,18,24H,14-17H2,1H3,(H,26,28)/t24-/m1/s1. The molecule has 1 amide bonds. The number of hydrogen-bond donors (Lipinski definition) is 1. The minimum atomic E-state index is -3.60. The highest BCUT2D eigenvalue weighted by molar-refractivity contribution is 7.89. The Labute approximate surface area is 188 Å². The Morgan fingerprint density at radius 1 is 0.906 bits per heavy atom. The third-order valence-corrected chi connectivity index (χ3v) is 7.42. The second-order valence-corrected chi connectivity index (χ2v) is 9.71. The van der Waals surface area contributed by atoms with Crippen molar-refractivity contribution in [3.63, 3.8) is 0 Å². The predicted octanol–water partition coefficient (Wildman–Crippen LogP) is 3.54. The molecule has 1 fully saturated rings. The molecule has 6 nitrogen and oxygen atoms in total. The molecule has 0 spiro atoms. The van der Waals surface area contributed by atoms with Crippen molar-refractivity contribution < 1.29 is 17.9 Å². The summed E-state index contributed by atoms with van der Waals surface area (Å²) >= 11 is 0. The summed E-state index contributed by atoms with van der Waals surface area (Å²) in [7, 11) is -3.60. The van der Waals surface area contributed by atoms with Gasteiger partial charge in [-0.1, -0.05) is 60.2 Å². The number of carbonyl (C=O) groups is 1. The van der Waals surface area contributed by atoms with E-state index in [9.17, 15) is 13.2 Å². The lowest BCUT2D eigenvalue weighted by atomic mass is 9.97. The van der Waals surface area contributed by atoms with E-state index in [0.717, 1.165) is 16.7 Å². The number of sulfonamides is 1. The van der Waals surface area contributed by atoms with Gasteiger partial charge >= 0.3 is 0 Å². The van der Waals surface area contributed by atoms with Gasteiger partial charge in [0.15, 0.2) is 0 Å². The molecule has 4 rings (SSSR count). The Hall–Kier alpha value is -3.00. The lowest BCUT2D eigenvalue weighted by Crippen LogP contribution is -2.40. The zero-order valence-electron chi connectivity index (χ0n) is 17.9. The van der Waals surface area contributed by atoms with Gasteiger partial charge in [0.25, 0.3) is 5.91 Å². The van der Waals surface area contributed by atoms with Gasteiger partial charge in [-0.25, -0.2) is 8.42 Å². The molecule has 0 bridgehead atoms. The average Bonchev–Trinajstić information content (AvgIpc) is 2.83. The van der Waals surface area contributed by atoms with Gasteiger partial charge in [-0.05, 0) is 42.3 Å². The fraction of sp³-hybridized carbons (Fsp3) is 0.240. The number of morpholine rings is 1. The Morgan fingerprint density at radius 2 is 1.56 bits per heavy atom. The highest BCUT2D eigenvalue weighted by atomic mass is 32.2. The number of hydrogen-bond acceptors (Lipinski definition) is 4. The van der Waals surface area contributed by atoms with E-state index in [2.05, 4.69) is 11.4 Å². The van der Waals surface area contributed by atoms with Crippen LogP contribution in [0.5, 0.6) is 0 Å². The van der Waals surface area contributed by atoms with Crippen LogP contribution in [0.4, 0.5) is 0 Å². The first-order valence-corrected chi connectivity index (χ1v) is 12.0. The Balaban J connectivity index is 1.56. The van der Waals surface area contributed by atoms with E-state index in [0.29, 0.717) is 31.9 Å². The molecular weight excluding hydrogens is 424 g/mol. The van der Waals surface area contributed by atoms with Gasteiger partial charge in [0.2, 0.25) is 10.0 Å². The van der Waals surface area contributed by atoms with E-state index in [-0.39, 0.29) is 16.8 Å². The summed E-state index contributed by atoms with van der Waals surface area (Å²) in [6.45, 7) is 3.46. The molecule has 166 valence electrons. The van der Waals surface area contributed by atoms with E-state index in [4.69, 9.17) is 4.74 Å². The van der Waals surface area contributed by atoms with Gasteiger partial charge in [0, 0.05) is 18.7 Å². The third kappa shape index (κ3) is 4.91. The number of nitrogens with zero attached hydrogens (tertiary/aromatic N) is 1. The molecule has 0 unspecified atom stereocenters. The van der Waals surface area contributed by atoms with Crippen molar-refractivity contribution in [1.82, 2.24) is 9.62 Å². The van der Waals surface area contributed by atoms with E-state index in [1.165, 1.54) is 16.4 Å². The van der Waals surface area contributed by atoms with E-state index < -0.39 is 10.0 Å². The molecule has 3 aromatic carbocycles. The fourth-order valence-corrected chi connectivity index (χ4v) is 5.19. The minimum Gasteiger partial charge on any atom is -0.379 e. The summed E-state index contributed by atoms with van der Waals surface area (Å²) in [5.41, 5.74) is 3.46. The van der Waals surface area contributed by atoms with E-state index >= 15 is 0 Å². The van der Waals surface area contributed by atoms with Crippen LogP contribution in [0.25, 0.3) is 0 Å². The summed E-state index contributed by atoms with van der Waals surface area (Å²) in [4.78, 5) is 13.2. The number of amides is 1. The topological polar surface area (TPSA) is 75.7 Å². The molecule has 0 aromatic heterocycles. The predicted molar refractivity (Wildman–Crippen MR) is 123 cm³/mol. The quantitative estimate of drug-likeness (QED) is 0.623. The number of benzene rings is 3. The van der Waals surface area contributed by atoms with Crippen LogP contribution in [0.15, 0.2) is 83.8 Å².